The quantitative estimate of drug-likeness (QED) is 0.573. The minimum absolute atomic E-state index is 0.0553. The van der Waals surface area contributed by atoms with Gasteiger partial charge in [-0.05, 0) is 31.7 Å². The molecule has 1 amide bonds. The number of anilines is 2. The molecular formula is C25H37N5O3. The van der Waals surface area contributed by atoms with Crippen molar-refractivity contribution >= 4 is 17.4 Å². The van der Waals surface area contributed by atoms with E-state index in [-0.39, 0.29) is 24.0 Å². The predicted molar refractivity (Wildman–Crippen MR) is 132 cm³/mol. The highest BCUT2D eigenvalue weighted by atomic mass is 16.2. The second-order valence-electron chi connectivity index (χ2n) is 8.82. The molecule has 33 heavy (non-hydrogen) atoms. The standard InChI is InChI=1S/C25H37N5O3/c1-3-5-16-30-23(26)22(24(32)27-25(30)33)29(4-2)21(31)18-28(20-14-10-7-11-15-20)17-19-12-8-6-9-13-19/h6,8-9,12-13,20H,3-5,7,10-11,14-18,26H2,1-2H3,(H,27,32,33). The summed E-state index contributed by atoms with van der Waals surface area (Å²) in [4.78, 5) is 44.5. The largest absolute Gasteiger partial charge is 0.383 e. The summed E-state index contributed by atoms with van der Waals surface area (Å²) in [5.41, 5.74) is 6.35. The zero-order valence-corrected chi connectivity index (χ0v) is 19.9. The molecule has 8 nitrogen and oxygen atoms in total. The maximum atomic E-state index is 13.5. The SMILES string of the molecule is CCCCn1c(N)c(N(CC)C(=O)CN(Cc2ccccc2)C2CCCCC2)c(=O)[nH]c1=O. The fourth-order valence-corrected chi connectivity index (χ4v) is 4.67. The van der Waals surface area contributed by atoms with E-state index in [9.17, 15) is 14.4 Å². The van der Waals surface area contributed by atoms with Crippen molar-refractivity contribution < 1.29 is 4.79 Å². The normalized spacial score (nSPS) is 14.5. The number of unbranched alkanes of at least 4 members (excludes halogenated alkanes) is 1. The van der Waals surface area contributed by atoms with Gasteiger partial charge < -0.3 is 10.6 Å². The minimum atomic E-state index is -0.618. The molecular weight excluding hydrogens is 418 g/mol. The number of nitrogens with two attached hydrogens (primary N) is 1. The highest BCUT2D eigenvalue weighted by Crippen LogP contribution is 2.25. The molecule has 0 atom stereocenters. The Labute approximate surface area is 195 Å². The number of nitrogens with one attached hydrogen (secondary N) is 1. The Morgan fingerprint density at radius 1 is 1.12 bits per heavy atom. The van der Waals surface area contributed by atoms with Crippen molar-refractivity contribution in [3.63, 3.8) is 0 Å². The van der Waals surface area contributed by atoms with E-state index in [2.05, 4.69) is 22.0 Å². The van der Waals surface area contributed by atoms with E-state index >= 15 is 0 Å². The van der Waals surface area contributed by atoms with Gasteiger partial charge in [-0.2, -0.15) is 0 Å². The molecule has 1 aliphatic carbocycles. The van der Waals surface area contributed by atoms with Crippen molar-refractivity contribution in [2.24, 2.45) is 0 Å². The average molecular weight is 456 g/mol. The molecule has 1 heterocycles. The molecule has 1 aromatic heterocycles. The van der Waals surface area contributed by atoms with Gasteiger partial charge in [0.05, 0.1) is 6.54 Å². The number of likely N-dealkylation sites (N-methyl/N-ethyl adjacent to an activating group) is 1. The molecule has 2 aromatic rings. The summed E-state index contributed by atoms with van der Waals surface area (Å²) in [7, 11) is 0. The van der Waals surface area contributed by atoms with Crippen molar-refractivity contribution in [3.8, 4) is 0 Å². The summed E-state index contributed by atoms with van der Waals surface area (Å²) in [6, 6.07) is 10.5. The highest BCUT2D eigenvalue weighted by Gasteiger charge is 2.28. The van der Waals surface area contributed by atoms with Gasteiger partial charge >= 0.3 is 5.69 Å². The molecule has 0 bridgehead atoms. The fourth-order valence-electron chi connectivity index (χ4n) is 4.67. The molecule has 3 N–H and O–H groups in total. The molecule has 8 heteroatoms. The monoisotopic (exact) mass is 455 g/mol. The molecule has 180 valence electrons. The third-order valence-corrected chi connectivity index (χ3v) is 6.49. The highest BCUT2D eigenvalue weighted by molar-refractivity contribution is 5.96. The van der Waals surface area contributed by atoms with Gasteiger partial charge in [0, 0.05) is 25.7 Å². The van der Waals surface area contributed by atoms with Gasteiger partial charge in [-0.1, -0.05) is 62.9 Å². The third kappa shape index (κ3) is 6.13. The van der Waals surface area contributed by atoms with E-state index in [0.717, 1.165) is 44.1 Å². The molecule has 0 saturated heterocycles. The van der Waals surface area contributed by atoms with Crippen LogP contribution in [0.15, 0.2) is 39.9 Å². The van der Waals surface area contributed by atoms with Gasteiger partial charge in [-0.25, -0.2) is 4.79 Å². The molecule has 3 rings (SSSR count). The number of aromatic nitrogens is 2. The van der Waals surface area contributed by atoms with E-state index in [1.54, 1.807) is 0 Å². The summed E-state index contributed by atoms with van der Waals surface area (Å²) in [6.45, 7) is 5.40. The number of nitrogen functional groups attached to an aromatic ring is 1. The van der Waals surface area contributed by atoms with Crippen LogP contribution in [0.1, 0.15) is 64.4 Å². The van der Waals surface area contributed by atoms with E-state index in [0.29, 0.717) is 25.7 Å². The van der Waals surface area contributed by atoms with Crippen molar-refractivity contribution in [2.45, 2.75) is 77.9 Å². The minimum Gasteiger partial charge on any atom is -0.383 e. The molecule has 1 aliphatic rings. The second kappa shape index (κ2) is 11.8. The van der Waals surface area contributed by atoms with Crippen LogP contribution < -0.4 is 21.9 Å². The first-order valence-electron chi connectivity index (χ1n) is 12.2. The number of carbonyl (C=O) groups is 1. The van der Waals surface area contributed by atoms with Crippen molar-refractivity contribution in [2.75, 3.05) is 23.7 Å². The van der Waals surface area contributed by atoms with Gasteiger partial charge in [-0.3, -0.25) is 24.0 Å². The lowest BCUT2D eigenvalue weighted by atomic mass is 9.93. The van der Waals surface area contributed by atoms with Gasteiger partial charge in [0.25, 0.3) is 5.56 Å². The number of rotatable bonds is 10. The maximum Gasteiger partial charge on any atom is 0.330 e. The average Bonchev–Trinajstić information content (AvgIpc) is 2.82. The van der Waals surface area contributed by atoms with Crippen LogP contribution in [0.5, 0.6) is 0 Å². The van der Waals surface area contributed by atoms with Crippen LogP contribution >= 0.6 is 0 Å². The van der Waals surface area contributed by atoms with Crippen molar-refractivity contribution in [3.05, 3.63) is 56.7 Å². The van der Waals surface area contributed by atoms with E-state index < -0.39 is 11.2 Å². The fraction of sp³-hybridized carbons (Fsp3) is 0.560. The van der Waals surface area contributed by atoms with E-state index in [4.69, 9.17) is 5.73 Å². The van der Waals surface area contributed by atoms with Gasteiger partial charge in [0.2, 0.25) is 5.91 Å². The second-order valence-corrected chi connectivity index (χ2v) is 8.82. The number of hydrogen-bond donors (Lipinski definition) is 2. The Bertz CT molecular complexity index is 1020. The van der Waals surface area contributed by atoms with E-state index in [1.165, 1.54) is 15.9 Å². The number of H-pyrrole nitrogens is 1. The molecule has 1 aromatic carbocycles. The molecule has 0 radical (unpaired) electrons. The van der Waals surface area contributed by atoms with Crippen LogP contribution in [0.3, 0.4) is 0 Å². The molecule has 0 aliphatic heterocycles. The Morgan fingerprint density at radius 3 is 2.45 bits per heavy atom. The summed E-state index contributed by atoms with van der Waals surface area (Å²) >= 11 is 0. The van der Waals surface area contributed by atoms with Crippen molar-refractivity contribution in [1.29, 1.82) is 0 Å². The number of aromatic amines is 1. The van der Waals surface area contributed by atoms with Gasteiger partial charge in [-0.15, -0.1) is 0 Å². The first-order chi connectivity index (χ1) is 16.0. The Balaban J connectivity index is 1.88. The first kappa shape index (κ1) is 24.8. The molecule has 1 saturated carbocycles. The van der Waals surface area contributed by atoms with Crippen LogP contribution in [-0.2, 0) is 17.9 Å². The van der Waals surface area contributed by atoms with Gasteiger partial charge in [0.1, 0.15) is 5.82 Å². The maximum absolute atomic E-state index is 13.5. The first-order valence-corrected chi connectivity index (χ1v) is 12.2. The van der Waals surface area contributed by atoms with Crippen LogP contribution in [-0.4, -0.2) is 39.5 Å². The molecule has 1 fully saturated rings. The lowest BCUT2D eigenvalue weighted by Gasteiger charge is -2.35. The zero-order valence-electron chi connectivity index (χ0n) is 19.9. The Morgan fingerprint density at radius 2 is 1.82 bits per heavy atom. The number of hydrogen-bond acceptors (Lipinski definition) is 5. The van der Waals surface area contributed by atoms with E-state index in [1.807, 2.05) is 32.0 Å². The lowest BCUT2D eigenvalue weighted by molar-refractivity contribution is -0.120. The number of nitrogens with zero attached hydrogens (tertiary/aromatic N) is 3. The van der Waals surface area contributed by atoms with Crippen LogP contribution in [0.4, 0.5) is 11.5 Å². The molecule has 0 unspecified atom stereocenters. The topological polar surface area (TPSA) is 104 Å². The van der Waals surface area contributed by atoms with Crippen molar-refractivity contribution in [1.82, 2.24) is 14.5 Å². The van der Waals surface area contributed by atoms with Crippen LogP contribution in [0, 0.1) is 0 Å². The Kier molecular flexibility index (Phi) is 8.88. The predicted octanol–water partition coefficient (Wildman–Crippen LogP) is 3.11. The Hall–Kier alpha value is -2.87. The summed E-state index contributed by atoms with van der Waals surface area (Å²) in [6.07, 6.45) is 7.33. The molecule has 0 spiro atoms. The van der Waals surface area contributed by atoms with Crippen LogP contribution in [0.25, 0.3) is 0 Å². The zero-order chi connectivity index (χ0) is 23.8. The summed E-state index contributed by atoms with van der Waals surface area (Å²) in [5, 5.41) is 0. The number of carbonyl (C=O) groups excluding carboxylic acids is 1. The van der Waals surface area contributed by atoms with Gasteiger partial charge in [0.15, 0.2) is 5.69 Å². The smallest absolute Gasteiger partial charge is 0.330 e. The summed E-state index contributed by atoms with van der Waals surface area (Å²) in [5.74, 6) is -0.128. The number of benzene rings is 1. The number of amides is 1. The summed E-state index contributed by atoms with van der Waals surface area (Å²) < 4.78 is 1.36. The van der Waals surface area contributed by atoms with Crippen LogP contribution in [0.2, 0.25) is 0 Å². The third-order valence-electron chi connectivity index (χ3n) is 6.49. The lowest BCUT2D eigenvalue weighted by Crippen LogP contribution is -2.47.